The standard InChI is InChI=1S/C9H13NS.ClH/c11-7-6-10-8-9-4-2-1-3-5-9;/h1-5,10-11H,6-8H2;1H. The molecule has 0 saturated carbocycles. The van der Waals surface area contributed by atoms with Gasteiger partial charge in [-0.05, 0) is 5.56 Å². The fourth-order valence-electron chi connectivity index (χ4n) is 0.908. The Kier molecular flexibility index (Phi) is 7.36. The van der Waals surface area contributed by atoms with Gasteiger partial charge >= 0.3 is 0 Å². The van der Waals surface area contributed by atoms with E-state index in [1.807, 2.05) is 6.07 Å². The van der Waals surface area contributed by atoms with Gasteiger partial charge in [-0.15, -0.1) is 12.4 Å². The van der Waals surface area contributed by atoms with Crippen LogP contribution in [0.4, 0.5) is 0 Å². The van der Waals surface area contributed by atoms with Crippen LogP contribution in [-0.2, 0) is 6.54 Å². The minimum Gasteiger partial charge on any atom is -0.312 e. The summed E-state index contributed by atoms with van der Waals surface area (Å²) in [5, 5.41) is 3.27. The van der Waals surface area contributed by atoms with Gasteiger partial charge in [0, 0.05) is 18.8 Å². The van der Waals surface area contributed by atoms with Crippen molar-refractivity contribution in [2.45, 2.75) is 6.54 Å². The van der Waals surface area contributed by atoms with Gasteiger partial charge in [-0.3, -0.25) is 0 Å². The smallest absolute Gasteiger partial charge is 0.0205 e. The molecule has 3 heteroatoms. The number of thiol groups is 1. The molecule has 0 spiro atoms. The fraction of sp³-hybridized carbons (Fsp3) is 0.333. The van der Waals surface area contributed by atoms with E-state index in [1.54, 1.807) is 0 Å². The van der Waals surface area contributed by atoms with E-state index in [9.17, 15) is 0 Å². The van der Waals surface area contributed by atoms with Crippen LogP contribution in [0, 0.1) is 0 Å². The summed E-state index contributed by atoms with van der Waals surface area (Å²) in [5.74, 6) is 0.896. The first-order valence-corrected chi connectivity index (χ1v) is 4.42. The number of benzene rings is 1. The molecule has 0 amide bonds. The van der Waals surface area contributed by atoms with Gasteiger partial charge in [-0.1, -0.05) is 30.3 Å². The molecule has 12 heavy (non-hydrogen) atoms. The van der Waals surface area contributed by atoms with Gasteiger partial charge in [-0.2, -0.15) is 12.6 Å². The summed E-state index contributed by atoms with van der Waals surface area (Å²) in [7, 11) is 0. The lowest BCUT2D eigenvalue weighted by Gasteiger charge is -2.01. The third kappa shape index (κ3) is 4.65. The van der Waals surface area contributed by atoms with E-state index in [4.69, 9.17) is 0 Å². The molecule has 0 saturated heterocycles. The number of hydrogen-bond donors (Lipinski definition) is 2. The summed E-state index contributed by atoms with van der Waals surface area (Å²) in [6.07, 6.45) is 0. The number of rotatable bonds is 4. The third-order valence-electron chi connectivity index (χ3n) is 1.46. The van der Waals surface area contributed by atoms with E-state index in [0.29, 0.717) is 0 Å². The highest BCUT2D eigenvalue weighted by atomic mass is 35.5. The van der Waals surface area contributed by atoms with Crippen molar-refractivity contribution in [2.75, 3.05) is 12.3 Å². The van der Waals surface area contributed by atoms with Crippen LogP contribution < -0.4 is 5.32 Å². The summed E-state index contributed by atoms with van der Waals surface area (Å²) in [4.78, 5) is 0. The van der Waals surface area contributed by atoms with Gasteiger partial charge in [-0.25, -0.2) is 0 Å². The predicted molar refractivity (Wildman–Crippen MR) is 59.2 cm³/mol. The van der Waals surface area contributed by atoms with E-state index in [2.05, 4.69) is 42.2 Å². The number of nitrogens with one attached hydrogen (secondary N) is 1. The minimum atomic E-state index is 0. The molecule has 0 fully saturated rings. The van der Waals surface area contributed by atoms with Crippen molar-refractivity contribution in [3.05, 3.63) is 35.9 Å². The van der Waals surface area contributed by atoms with Gasteiger partial charge in [0.25, 0.3) is 0 Å². The maximum atomic E-state index is 4.10. The van der Waals surface area contributed by atoms with Crippen LogP contribution in [0.15, 0.2) is 30.3 Å². The van der Waals surface area contributed by atoms with Crippen LogP contribution in [0.1, 0.15) is 5.56 Å². The highest BCUT2D eigenvalue weighted by molar-refractivity contribution is 7.80. The lowest BCUT2D eigenvalue weighted by Crippen LogP contribution is -2.15. The average molecular weight is 204 g/mol. The molecule has 0 aromatic heterocycles. The third-order valence-corrected chi connectivity index (χ3v) is 1.68. The molecule has 1 N–H and O–H groups in total. The summed E-state index contributed by atoms with van der Waals surface area (Å²) in [6, 6.07) is 10.4. The van der Waals surface area contributed by atoms with Gasteiger partial charge < -0.3 is 5.32 Å². The van der Waals surface area contributed by atoms with E-state index < -0.39 is 0 Å². The van der Waals surface area contributed by atoms with Gasteiger partial charge in [0.05, 0.1) is 0 Å². The molecule has 0 atom stereocenters. The number of halogens is 1. The normalized spacial score (nSPS) is 9.08. The van der Waals surface area contributed by atoms with Crippen LogP contribution in [0.25, 0.3) is 0 Å². The predicted octanol–water partition coefficient (Wildman–Crippen LogP) is 2.13. The Bertz CT molecular complexity index is 191. The zero-order chi connectivity index (χ0) is 7.94. The first-order valence-electron chi connectivity index (χ1n) is 3.79. The second-order valence-electron chi connectivity index (χ2n) is 2.39. The summed E-state index contributed by atoms with van der Waals surface area (Å²) in [5.41, 5.74) is 1.33. The van der Waals surface area contributed by atoms with Gasteiger partial charge in [0.15, 0.2) is 0 Å². The van der Waals surface area contributed by atoms with Crippen molar-refractivity contribution in [2.24, 2.45) is 0 Å². The van der Waals surface area contributed by atoms with Crippen molar-refractivity contribution >= 4 is 25.0 Å². The molecule has 1 aromatic carbocycles. The van der Waals surface area contributed by atoms with Gasteiger partial charge in [0.1, 0.15) is 0 Å². The van der Waals surface area contributed by atoms with Crippen LogP contribution in [0.5, 0.6) is 0 Å². The van der Waals surface area contributed by atoms with Crippen LogP contribution in [0.3, 0.4) is 0 Å². The Labute approximate surface area is 85.4 Å². The highest BCUT2D eigenvalue weighted by Crippen LogP contribution is 1.96. The molecule has 0 unspecified atom stereocenters. The van der Waals surface area contributed by atoms with Crippen LogP contribution in [0.2, 0.25) is 0 Å². The van der Waals surface area contributed by atoms with E-state index in [0.717, 1.165) is 18.8 Å². The molecule has 1 aromatic rings. The van der Waals surface area contributed by atoms with Gasteiger partial charge in [0.2, 0.25) is 0 Å². The maximum absolute atomic E-state index is 4.10. The van der Waals surface area contributed by atoms with Crippen molar-refractivity contribution < 1.29 is 0 Å². The Balaban J connectivity index is 0.00000121. The second kappa shape index (κ2) is 7.47. The monoisotopic (exact) mass is 203 g/mol. The molecule has 68 valence electrons. The van der Waals surface area contributed by atoms with E-state index in [-0.39, 0.29) is 12.4 Å². The lowest BCUT2D eigenvalue weighted by atomic mass is 10.2. The molecule has 0 aliphatic carbocycles. The summed E-state index contributed by atoms with van der Waals surface area (Å²) < 4.78 is 0. The minimum absolute atomic E-state index is 0. The molecule has 0 aliphatic rings. The van der Waals surface area contributed by atoms with Crippen molar-refractivity contribution in [3.63, 3.8) is 0 Å². The average Bonchev–Trinajstić information content (AvgIpc) is 2.07. The second-order valence-corrected chi connectivity index (χ2v) is 2.83. The molecule has 0 radical (unpaired) electrons. The Morgan fingerprint density at radius 3 is 2.42 bits per heavy atom. The molecule has 0 heterocycles. The molecule has 0 aliphatic heterocycles. The zero-order valence-corrected chi connectivity index (χ0v) is 8.57. The SMILES string of the molecule is Cl.SCCNCc1ccccc1. The molecular weight excluding hydrogens is 190 g/mol. The topological polar surface area (TPSA) is 12.0 Å². The maximum Gasteiger partial charge on any atom is 0.0205 e. The largest absolute Gasteiger partial charge is 0.312 e. The van der Waals surface area contributed by atoms with Crippen molar-refractivity contribution in [3.8, 4) is 0 Å². The zero-order valence-electron chi connectivity index (χ0n) is 6.86. The quantitative estimate of drug-likeness (QED) is 0.565. The Morgan fingerprint density at radius 2 is 1.83 bits per heavy atom. The molecule has 1 nitrogen and oxygen atoms in total. The van der Waals surface area contributed by atoms with Crippen LogP contribution >= 0.6 is 25.0 Å². The Hall–Kier alpha value is -0.180. The van der Waals surface area contributed by atoms with Crippen molar-refractivity contribution in [1.29, 1.82) is 0 Å². The summed E-state index contributed by atoms with van der Waals surface area (Å²) >= 11 is 4.10. The molecular formula is C9H14ClNS. The van der Waals surface area contributed by atoms with E-state index in [1.165, 1.54) is 5.56 Å². The first kappa shape index (κ1) is 11.8. The first-order chi connectivity index (χ1) is 5.43. The number of hydrogen-bond acceptors (Lipinski definition) is 2. The fourth-order valence-corrected chi connectivity index (χ4v) is 1.07. The Morgan fingerprint density at radius 1 is 1.17 bits per heavy atom. The molecule has 1 rings (SSSR count). The van der Waals surface area contributed by atoms with Crippen LogP contribution in [-0.4, -0.2) is 12.3 Å². The van der Waals surface area contributed by atoms with Crippen molar-refractivity contribution in [1.82, 2.24) is 5.32 Å². The lowest BCUT2D eigenvalue weighted by molar-refractivity contribution is 0.733. The highest BCUT2D eigenvalue weighted by Gasteiger charge is 1.87. The molecule has 0 bridgehead atoms. The van der Waals surface area contributed by atoms with E-state index >= 15 is 0 Å². The summed E-state index contributed by atoms with van der Waals surface area (Å²) in [6.45, 7) is 1.92.